The highest BCUT2D eigenvalue weighted by Gasteiger charge is 2.11. The van der Waals surface area contributed by atoms with Crippen molar-refractivity contribution < 1.29 is 9.84 Å². The summed E-state index contributed by atoms with van der Waals surface area (Å²) in [6.07, 6.45) is 1.84. The quantitative estimate of drug-likeness (QED) is 0.423. The molecule has 0 aliphatic carbocycles. The van der Waals surface area contributed by atoms with Gasteiger partial charge in [-0.1, -0.05) is 42.5 Å². The molecule has 3 N–H and O–H groups in total. The van der Waals surface area contributed by atoms with Crippen LogP contribution in [0.3, 0.4) is 0 Å². The molecular weight excluding hydrogens is 366 g/mol. The van der Waals surface area contributed by atoms with E-state index in [1.807, 2.05) is 67.5 Å². The summed E-state index contributed by atoms with van der Waals surface area (Å²) in [6.45, 7) is 3.67. The van der Waals surface area contributed by atoms with Crippen LogP contribution in [0.15, 0.2) is 59.7 Å². The van der Waals surface area contributed by atoms with E-state index in [4.69, 9.17) is 4.74 Å². The van der Waals surface area contributed by atoms with E-state index in [2.05, 4.69) is 20.3 Å². The Balaban J connectivity index is 1.72. The molecule has 0 unspecified atom stereocenters. The minimum atomic E-state index is 0.121. The Morgan fingerprint density at radius 1 is 1.21 bits per heavy atom. The molecule has 2 aromatic carbocycles. The number of aliphatic imine (C=N–C) groups is 1. The number of nitrogens with one attached hydrogen (secondary N) is 2. The Kier molecular flexibility index (Phi) is 6.73. The number of nitrogens with zero attached hydrogens (tertiary/aromatic N) is 3. The Hall–Kier alpha value is -3.48. The molecule has 0 spiro atoms. The number of hydrogen-bond acceptors (Lipinski definition) is 4. The van der Waals surface area contributed by atoms with Crippen molar-refractivity contribution in [3.63, 3.8) is 0 Å². The lowest BCUT2D eigenvalue weighted by Crippen LogP contribution is -2.38. The molecule has 0 fully saturated rings. The molecule has 0 saturated carbocycles. The highest BCUT2D eigenvalue weighted by atomic mass is 16.5. The monoisotopic (exact) mass is 393 g/mol. The number of aromatic amines is 1. The summed E-state index contributed by atoms with van der Waals surface area (Å²) in [5.74, 6) is 2.14. The van der Waals surface area contributed by atoms with Gasteiger partial charge in [0.2, 0.25) is 0 Å². The van der Waals surface area contributed by atoms with Crippen LogP contribution in [-0.4, -0.2) is 46.6 Å². The third-order valence-electron chi connectivity index (χ3n) is 4.50. The van der Waals surface area contributed by atoms with Gasteiger partial charge in [-0.15, -0.1) is 0 Å². The number of ether oxygens (including phenoxy) is 1. The van der Waals surface area contributed by atoms with Crippen molar-refractivity contribution in [3.8, 4) is 22.8 Å². The van der Waals surface area contributed by atoms with Gasteiger partial charge in [-0.2, -0.15) is 0 Å². The molecule has 0 saturated heterocycles. The van der Waals surface area contributed by atoms with Crippen molar-refractivity contribution in [1.29, 1.82) is 0 Å². The largest absolute Gasteiger partial charge is 0.504 e. The fraction of sp³-hybridized carbons (Fsp3) is 0.273. The standard InChI is InChI=1S/C22H27N5O2/c1-4-23-22(25-13-17-11-8-12-19(29-3)21(17)28)27(2)15-20-24-14-18(26-20)16-9-6-5-7-10-16/h5-12,14,28H,4,13,15H2,1-3H3,(H,23,25)(H,24,26). The first-order valence-electron chi connectivity index (χ1n) is 9.56. The Morgan fingerprint density at radius 2 is 2.00 bits per heavy atom. The number of para-hydroxylation sites is 1. The van der Waals surface area contributed by atoms with Crippen LogP contribution >= 0.6 is 0 Å². The number of aromatic nitrogens is 2. The summed E-state index contributed by atoms with van der Waals surface area (Å²) in [5.41, 5.74) is 2.79. The Labute approximate surface area is 171 Å². The zero-order valence-corrected chi connectivity index (χ0v) is 17.0. The molecule has 1 aromatic heterocycles. The van der Waals surface area contributed by atoms with Gasteiger partial charge in [-0.25, -0.2) is 9.98 Å². The second-order valence-corrected chi connectivity index (χ2v) is 6.60. The van der Waals surface area contributed by atoms with Gasteiger partial charge in [0.15, 0.2) is 17.5 Å². The number of imidazole rings is 1. The second-order valence-electron chi connectivity index (χ2n) is 6.60. The molecule has 0 aliphatic rings. The van der Waals surface area contributed by atoms with Crippen molar-refractivity contribution in [2.24, 2.45) is 4.99 Å². The van der Waals surface area contributed by atoms with Gasteiger partial charge in [0, 0.05) is 19.2 Å². The molecule has 0 atom stereocenters. The molecule has 3 aromatic rings. The summed E-state index contributed by atoms with van der Waals surface area (Å²) in [7, 11) is 3.49. The lowest BCUT2D eigenvalue weighted by molar-refractivity contribution is 0.370. The van der Waals surface area contributed by atoms with Crippen molar-refractivity contribution in [3.05, 3.63) is 66.1 Å². The molecule has 0 aliphatic heterocycles. The lowest BCUT2D eigenvalue weighted by Gasteiger charge is -2.21. The summed E-state index contributed by atoms with van der Waals surface area (Å²) in [6, 6.07) is 15.5. The van der Waals surface area contributed by atoms with Crippen LogP contribution in [0.1, 0.15) is 18.3 Å². The van der Waals surface area contributed by atoms with E-state index in [0.717, 1.165) is 29.6 Å². The van der Waals surface area contributed by atoms with Crippen LogP contribution < -0.4 is 10.1 Å². The van der Waals surface area contributed by atoms with E-state index in [1.54, 1.807) is 6.07 Å². The normalized spacial score (nSPS) is 11.3. The van der Waals surface area contributed by atoms with E-state index in [0.29, 0.717) is 24.4 Å². The first kappa shape index (κ1) is 20.3. The van der Waals surface area contributed by atoms with Gasteiger partial charge in [0.05, 0.1) is 32.1 Å². The number of aromatic hydroxyl groups is 1. The maximum Gasteiger partial charge on any atom is 0.194 e. The van der Waals surface area contributed by atoms with Gasteiger partial charge < -0.3 is 25.0 Å². The number of rotatable bonds is 7. The van der Waals surface area contributed by atoms with Gasteiger partial charge in [-0.3, -0.25) is 0 Å². The van der Waals surface area contributed by atoms with Crippen molar-refractivity contribution >= 4 is 5.96 Å². The highest BCUT2D eigenvalue weighted by molar-refractivity contribution is 5.79. The molecule has 7 heteroatoms. The number of benzene rings is 2. The number of phenolic OH excluding ortho intramolecular Hbond substituents is 1. The summed E-state index contributed by atoms with van der Waals surface area (Å²) < 4.78 is 5.17. The first-order valence-corrected chi connectivity index (χ1v) is 9.56. The SMILES string of the molecule is CCNC(=NCc1cccc(OC)c1O)N(C)Cc1ncc(-c2ccccc2)[nH]1. The average Bonchev–Trinajstić information content (AvgIpc) is 3.21. The molecular formula is C22H27N5O2. The van der Waals surface area contributed by atoms with Crippen LogP contribution in [0.5, 0.6) is 11.5 Å². The number of H-pyrrole nitrogens is 1. The molecule has 0 amide bonds. The third kappa shape index (κ3) is 5.07. The zero-order chi connectivity index (χ0) is 20.6. The molecule has 152 valence electrons. The third-order valence-corrected chi connectivity index (χ3v) is 4.50. The van der Waals surface area contributed by atoms with Gasteiger partial charge in [-0.05, 0) is 18.6 Å². The molecule has 1 heterocycles. The number of phenols is 1. The van der Waals surface area contributed by atoms with E-state index in [1.165, 1.54) is 7.11 Å². The van der Waals surface area contributed by atoms with Crippen LogP contribution in [0.25, 0.3) is 11.3 Å². The topological polar surface area (TPSA) is 85.8 Å². The Bertz CT molecular complexity index is 953. The fourth-order valence-corrected chi connectivity index (χ4v) is 3.00. The van der Waals surface area contributed by atoms with Crippen molar-refractivity contribution in [2.75, 3.05) is 20.7 Å². The number of guanidine groups is 1. The fourth-order valence-electron chi connectivity index (χ4n) is 3.00. The van der Waals surface area contributed by atoms with Crippen molar-refractivity contribution in [1.82, 2.24) is 20.2 Å². The minimum Gasteiger partial charge on any atom is -0.504 e. The molecule has 29 heavy (non-hydrogen) atoms. The van der Waals surface area contributed by atoms with E-state index >= 15 is 0 Å². The number of hydrogen-bond donors (Lipinski definition) is 3. The minimum absolute atomic E-state index is 0.121. The highest BCUT2D eigenvalue weighted by Crippen LogP contribution is 2.29. The maximum atomic E-state index is 10.3. The van der Waals surface area contributed by atoms with Crippen LogP contribution in [-0.2, 0) is 13.1 Å². The Morgan fingerprint density at radius 3 is 2.72 bits per heavy atom. The summed E-state index contributed by atoms with van der Waals surface area (Å²) in [5, 5.41) is 13.6. The molecule has 0 radical (unpaired) electrons. The lowest BCUT2D eigenvalue weighted by atomic mass is 10.2. The predicted octanol–water partition coefficient (Wildman–Crippen LogP) is 3.39. The van der Waals surface area contributed by atoms with E-state index in [9.17, 15) is 5.11 Å². The number of methoxy groups -OCH3 is 1. The smallest absolute Gasteiger partial charge is 0.194 e. The van der Waals surface area contributed by atoms with Gasteiger partial charge in [0.25, 0.3) is 0 Å². The first-order chi connectivity index (χ1) is 14.1. The second kappa shape index (κ2) is 9.64. The summed E-state index contributed by atoms with van der Waals surface area (Å²) >= 11 is 0. The van der Waals surface area contributed by atoms with E-state index in [-0.39, 0.29) is 5.75 Å². The zero-order valence-electron chi connectivity index (χ0n) is 17.0. The average molecular weight is 393 g/mol. The maximum absolute atomic E-state index is 10.3. The van der Waals surface area contributed by atoms with E-state index < -0.39 is 0 Å². The predicted molar refractivity (Wildman–Crippen MR) is 115 cm³/mol. The van der Waals surface area contributed by atoms with Gasteiger partial charge >= 0.3 is 0 Å². The van der Waals surface area contributed by atoms with Crippen LogP contribution in [0.2, 0.25) is 0 Å². The molecule has 0 bridgehead atoms. The van der Waals surface area contributed by atoms with Gasteiger partial charge in [0.1, 0.15) is 5.82 Å². The summed E-state index contributed by atoms with van der Waals surface area (Å²) in [4.78, 5) is 14.5. The molecule has 7 nitrogen and oxygen atoms in total. The van der Waals surface area contributed by atoms with Crippen molar-refractivity contribution in [2.45, 2.75) is 20.0 Å². The van der Waals surface area contributed by atoms with Crippen LogP contribution in [0, 0.1) is 0 Å². The molecule has 3 rings (SSSR count). The van der Waals surface area contributed by atoms with Crippen LogP contribution in [0.4, 0.5) is 0 Å².